The molecular weight excluding hydrogens is 295 g/mol. The Hall–Kier alpha value is -2.73. The van der Waals surface area contributed by atoms with Crippen molar-refractivity contribution in [1.82, 2.24) is 15.0 Å². The molecule has 0 fully saturated rings. The highest BCUT2D eigenvalue weighted by Crippen LogP contribution is 2.18. The zero-order valence-corrected chi connectivity index (χ0v) is 12.7. The molecule has 2 N–H and O–H groups in total. The van der Waals surface area contributed by atoms with Crippen molar-refractivity contribution >= 4 is 0 Å². The van der Waals surface area contributed by atoms with Gasteiger partial charge in [-0.3, -0.25) is 0 Å². The molecule has 118 valence electrons. The molecule has 0 atom stereocenters. The molecule has 0 aliphatic carbocycles. The van der Waals surface area contributed by atoms with E-state index in [2.05, 4.69) is 10.3 Å². The Morgan fingerprint density at radius 3 is 2.65 bits per heavy atom. The van der Waals surface area contributed by atoms with Crippen LogP contribution in [0.4, 0.5) is 4.39 Å². The van der Waals surface area contributed by atoms with E-state index in [-0.39, 0.29) is 19.0 Å². The summed E-state index contributed by atoms with van der Waals surface area (Å²) in [6.45, 7) is 2.50. The van der Waals surface area contributed by atoms with Crippen LogP contribution in [0.3, 0.4) is 0 Å². The first-order valence-electron chi connectivity index (χ1n) is 7.26. The van der Waals surface area contributed by atoms with Crippen molar-refractivity contribution in [3.05, 3.63) is 71.3 Å². The second kappa shape index (κ2) is 6.58. The van der Waals surface area contributed by atoms with Gasteiger partial charge in [-0.1, -0.05) is 29.0 Å². The maximum Gasteiger partial charge on any atom is 0.132 e. The van der Waals surface area contributed by atoms with E-state index in [4.69, 9.17) is 10.5 Å². The molecule has 3 aromatic rings. The Morgan fingerprint density at radius 2 is 1.96 bits per heavy atom. The van der Waals surface area contributed by atoms with Crippen molar-refractivity contribution < 1.29 is 9.13 Å². The lowest BCUT2D eigenvalue weighted by atomic mass is 10.2. The standard InChI is InChI=1S/C17H17FN4O/c1-12-5-7-15(8-6-12)23-11-17-16(10-19)20-21-22(17)14-4-2-3-13(18)9-14/h2-9H,10-11,19H2,1H3. The number of aromatic nitrogens is 3. The first kappa shape index (κ1) is 15.2. The lowest BCUT2D eigenvalue weighted by Crippen LogP contribution is -2.09. The van der Waals surface area contributed by atoms with Gasteiger partial charge in [0.15, 0.2) is 0 Å². The first-order chi connectivity index (χ1) is 11.2. The van der Waals surface area contributed by atoms with Crippen LogP contribution in [0.25, 0.3) is 5.69 Å². The lowest BCUT2D eigenvalue weighted by Gasteiger charge is -2.10. The maximum atomic E-state index is 13.4. The van der Waals surface area contributed by atoms with Crippen LogP contribution in [0.5, 0.6) is 5.75 Å². The summed E-state index contributed by atoms with van der Waals surface area (Å²) in [4.78, 5) is 0. The van der Waals surface area contributed by atoms with E-state index in [9.17, 15) is 4.39 Å². The van der Waals surface area contributed by atoms with E-state index in [1.165, 1.54) is 12.1 Å². The Labute approximate surface area is 133 Å². The molecule has 0 aliphatic heterocycles. The van der Waals surface area contributed by atoms with Gasteiger partial charge < -0.3 is 10.5 Å². The fraction of sp³-hybridized carbons (Fsp3) is 0.176. The summed E-state index contributed by atoms with van der Waals surface area (Å²) < 4.78 is 20.8. The number of hydrogen-bond donors (Lipinski definition) is 1. The third kappa shape index (κ3) is 3.37. The number of aryl methyl sites for hydroxylation is 1. The smallest absolute Gasteiger partial charge is 0.132 e. The SMILES string of the molecule is Cc1ccc(OCc2c(CN)nnn2-c2cccc(F)c2)cc1. The largest absolute Gasteiger partial charge is 0.487 e. The number of ether oxygens (including phenoxy) is 1. The molecule has 6 heteroatoms. The average Bonchev–Trinajstić information content (AvgIpc) is 2.97. The molecular formula is C17H17FN4O. The summed E-state index contributed by atoms with van der Waals surface area (Å²) in [7, 11) is 0. The number of nitrogens with zero attached hydrogens (tertiary/aromatic N) is 3. The average molecular weight is 312 g/mol. The summed E-state index contributed by atoms with van der Waals surface area (Å²) in [5, 5.41) is 8.12. The second-order valence-electron chi connectivity index (χ2n) is 5.18. The summed E-state index contributed by atoms with van der Waals surface area (Å²) in [5.74, 6) is 0.406. The van der Waals surface area contributed by atoms with Gasteiger partial charge >= 0.3 is 0 Å². The normalized spacial score (nSPS) is 10.7. The topological polar surface area (TPSA) is 66.0 Å². The van der Waals surface area contributed by atoms with E-state index < -0.39 is 0 Å². The van der Waals surface area contributed by atoms with Crippen molar-refractivity contribution in [3.63, 3.8) is 0 Å². The van der Waals surface area contributed by atoms with Crippen molar-refractivity contribution in [1.29, 1.82) is 0 Å². The molecule has 0 aliphatic rings. The summed E-state index contributed by atoms with van der Waals surface area (Å²) >= 11 is 0. The highest BCUT2D eigenvalue weighted by Gasteiger charge is 2.14. The van der Waals surface area contributed by atoms with Crippen LogP contribution in [0.15, 0.2) is 48.5 Å². The van der Waals surface area contributed by atoms with Crippen LogP contribution in [-0.2, 0) is 13.2 Å². The molecule has 5 nitrogen and oxygen atoms in total. The van der Waals surface area contributed by atoms with Gasteiger partial charge in [0, 0.05) is 6.54 Å². The van der Waals surface area contributed by atoms with E-state index in [1.807, 2.05) is 31.2 Å². The fourth-order valence-electron chi connectivity index (χ4n) is 2.24. The van der Waals surface area contributed by atoms with Crippen LogP contribution in [-0.4, -0.2) is 15.0 Å². The number of nitrogens with two attached hydrogens (primary N) is 1. The highest BCUT2D eigenvalue weighted by molar-refractivity contribution is 5.34. The predicted octanol–water partition coefficient (Wildman–Crippen LogP) is 2.75. The molecule has 0 radical (unpaired) electrons. The minimum atomic E-state index is -0.335. The molecule has 3 rings (SSSR count). The molecule has 2 aromatic carbocycles. The van der Waals surface area contributed by atoms with Crippen molar-refractivity contribution in [2.75, 3.05) is 0 Å². The maximum absolute atomic E-state index is 13.4. The van der Waals surface area contributed by atoms with Crippen LogP contribution in [0.1, 0.15) is 17.0 Å². The molecule has 23 heavy (non-hydrogen) atoms. The van der Waals surface area contributed by atoms with Gasteiger partial charge in [0.2, 0.25) is 0 Å². The Kier molecular flexibility index (Phi) is 4.34. The molecule has 0 saturated carbocycles. The summed E-state index contributed by atoms with van der Waals surface area (Å²) in [6, 6.07) is 13.9. The van der Waals surface area contributed by atoms with E-state index >= 15 is 0 Å². The minimum Gasteiger partial charge on any atom is -0.487 e. The lowest BCUT2D eigenvalue weighted by molar-refractivity contribution is 0.296. The van der Waals surface area contributed by atoms with Gasteiger partial charge in [0.05, 0.1) is 5.69 Å². The van der Waals surface area contributed by atoms with Crippen LogP contribution >= 0.6 is 0 Å². The molecule has 1 aromatic heterocycles. The first-order valence-corrected chi connectivity index (χ1v) is 7.26. The van der Waals surface area contributed by atoms with Crippen LogP contribution in [0, 0.1) is 12.7 Å². The Morgan fingerprint density at radius 1 is 1.17 bits per heavy atom. The molecule has 1 heterocycles. The third-order valence-electron chi connectivity index (χ3n) is 3.49. The molecule has 0 saturated heterocycles. The van der Waals surface area contributed by atoms with Gasteiger partial charge in [0.1, 0.15) is 29.6 Å². The van der Waals surface area contributed by atoms with E-state index in [0.717, 1.165) is 11.3 Å². The number of benzene rings is 2. The fourth-order valence-corrected chi connectivity index (χ4v) is 2.24. The quantitative estimate of drug-likeness (QED) is 0.786. The van der Waals surface area contributed by atoms with Gasteiger partial charge in [-0.05, 0) is 37.3 Å². The zero-order valence-electron chi connectivity index (χ0n) is 12.7. The molecule has 0 unspecified atom stereocenters. The van der Waals surface area contributed by atoms with Crippen molar-refractivity contribution in [2.45, 2.75) is 20.1 Å². The van der Waals surface area contributed by atoms with Gasteiger partial charge in [-0.25, -0.2) is 9.07 Å². The second-order valence-corrected chi connectivity index (χ2v) is 5.18. The van der Waals surface area contributed by atoms with Gasteiger partial charge in [-0.2, -0.15) is 0 Å². The monoisotopic (exact) mass is 312 g/mol. The molecule has 0 bridgehead atoms. The zero-order chi connectivity index (χ0) is 16.2. The molecule has 0 amide bonds. The predicted molar refractivity (Wildman–Crippen MR) is 84.7 cm³/mol. The molecule has 0 spiro atoms. The van der Waals surface area contributed by atoms with E-state index in [0.29, 0.717) is 17.1 Å². The summed E-state index contributed by atoms with van der Waals surface area (Å²) in [6.07, 6.45) is 0. The van der Waals surface area contributed by atoms with Crippen molar-refractivity contribution in [2.24, 2.45) is 5.73 Å². The van der Waals surface area contributed by atoms with Crippen LogP contribution in [0.2, 0.25) is 0 Å². The Bertz CT molecular complexity index is 799. The number of rotatable bonds is 5. The van der Waals surface area contributed by atoms with Gasteiger partial charge in [-0.15, -0.1) is 5.10 Å². The minimum absolute atomic E-state index is 0.238. The van der Waals surface area contributed by atoms with Crippen LogP contribution < -0.4 is 10.5 Å². The van der Waals surface area contributed by atoms with Crippen molar-refractivity contribution in [3.8, 4) is 11.4 Å². The highest BCUT2D eigenvalue weighted by atomic mass is 19.1. The Balaban J connectivity index is 1.88. The van der Waals surface area contributed by atoms with Gasteiger partial charge in [0.25, 0.3) is 0 Å². The summed E-state index contributed by atoms with van der Waals surface area (Å²) in [5.41, 5.74) is 8.79. The number of halogens is 1. The third-order valence-corrected chi connectivity index (χ3v) is 3.49. The van der Waals surface area contributed by atoms with E-state index in [1.54, 1.807) is 16.8 Å². The number of hydrogen-bond acceptors (Lipinski definition) is 4.